The van der Waals surface area contributed by atoms with Crippen LogP contribution in [0, 0.1) is 6.92 Å². The number of aromatic nitrogens is 4. The molecule has 0 bridgehead atoms. The van der Waals surface area contributed by atoms with Crippen molar-refractivity contribution in [2.75, 3.05) is 6.26 Å². The monoisotopic (exact) mass is 276 g/mol. The summed E-state index contributed by atoms with van der Waals surface area (Å²) in [5.41, 5.74) is 2.71. The molecule has 0 amide bonds. The average Bonchev–Trinajstić information content (AvgIpc) is 2.91. The molecule has 0 spiro atoms. The predicted molar refractivity (Wildman–Crippen MR) is 71.1 cm³/mol. The number of nitrogens with one attached hydrogen (secondary N) is 1. The Hall–Kier alpha value is -2.15. The zero-order chi connectivity index (χ0) is 13.6. The summed E-state index contributed by atoms with van der Waals surface area (Å²) in [6.45, 7) is 1.81. The molecule has 19 heavy (non-hydrogen) atoms. The second kappa shape index (κ2) is 3.92. The van der Waals surface area contributed by atoms with E-state index >= 15 is 0 Å². The van der Waals surface area contributed by atoms with Gasteiger partial charge in [0.25, 0.3) is 0 Å². The highest BCUT2D eigenvalue weighted by molar-refractivity contribution is 7.90. The number of aryl methyl sites for hydroxylation is 1. The van der Waals surface area contributed by atoms with Gasteiger partial charge in [-0.05, 0) is 19.1 Å². The van der Waals surface area contributed by atoms with Gasteiger partial charge in [0.1, 0.15) is 5.52 Å². The van der Waals surface area contributed by atoms with Gasteiger partial charge in [0.15, 0.2) is 5.65 Å². The molecule has 0 saturated heterocycles. The van der Waals surface area contributed by atoms with Crippen LogP contribution < -0.4 is 0 Å². The third-order valence-corrected chi connectivity index (χ3v) is 3.72. The number of benzene rings is 1. The van der Waals surface area contributed by atoms with Crippen molar-refractivity contribution in [3.8, 4) is 5.69 Å². The van der Waals surface area contributed by atoms with Crippen LogP contribution in [-0.4, -0.2) is 34.4 Å². The molecule has 0 aliphatic rings. The molecule has 1 aromatic carbocycles. The van der Waals surface area contributed by atoms with Crippen molar-refractivity contribution >= 4 is 21.0 Å². The van der Waals surface area contributed by atoms with Crippen LogP contribution in [0.1, 0.15) is 5.69 Å². The molecule has 2 aromatic heterocycles. The lowest BCUT2D eigenvalue weighted by Gasteiger charge is -2.00. The highest BCUT2D eigenvalue weighted by Crippen LogP contribution is 2.21. The van der Waals surface area contributed by atoms with Crippen LogP contribution in [0.25, 0.3) is 16.9 Å². The van der Waals surface area contributed by atoms with Crippen LogP contribution in [0.15, 0.2) is 35.5 Å². The number of para-hydroxylation sites is 1. The van der Waals surface area contributed by atoms with Crippen LogP contribution in [0.4, 0.5) is 0 Å². The average molecular weight is 276 g/mol. The molecule has 1 N–H and O–H groups in total. The quantitative estimate of drug-likeness (QED) is 0.768. The first-order valence-corrected chi connectivity index (χ1v) is 7.57. The summed E-state index contributed by atoms with van der Waals surface area (Å²) in [6.07, 6.45) is 1.13. The van der Waals surface area contributed by atoms with Crippen LogP contribution in [-0.2, 0) is 9.84 Å². The van der Waals surface area contributed by atoms with Gasteiger partial charge in [-0.15, -0.1) is 0 Å². The molecule has 3 rings (SSSR count). The lowest BCUT2D eigenvalue weighted by molar-refractivity contribution is 0.595. The third kappa shape index (κ3) is 1.91. The number of rotatable bonds is 2. The fourth-order valence-corrected chi connectivity index (χ4v) is 2.46. The van der Waals surface area contributed by atoms with E-state index in [0.29, 0.717) is 16.9 Å². The molecule has 7 heteroatoms. The van der Waals surface area contributed by atoms with Gasteiger partial charge in [-0.2, -0.15) is 10.1 Å². The van der Waals surface area contributed by atoms with E-state index < -0.39 is 9.84 Å². The number of hydrogen-bond acceptors (Lipinski definition) is 4. The number of fused-ring (bicyclic) bond motifs is 1. The van der Waals surface area contributed by atoms with E-state index in [0.717, 1.165) is 11.9 Å². The number of imidazole rings is 1. The van der Waals surface area contributed by atoms with Crippen molar-refractivity contribution in [2.24, 2.45) is 0 Å². The Kier molecular flexibility index (Phi) is 2.46. The lowest BCUT2D eigenvalue weighted by atomic mass is 10.3. The maximum atomic E-state index is 11.5. The molecule has 0 saturated carbocycles. The molecule has 6 nitrogen and oxygen atoms in total. The molecule has 2 heterocycles. The maximum absolute atomic E-state index is 11.5. The van der Waals surface area contributed by atoms with E-state index in [1.54, 1.807) is 4.68 Å². The smallest absolute Gasteiger partial charge is 0.227 e. The molecular weight excluding hydrogens is 264 g/mol. The minimum Gasteiger partial charge on any atom is -0.326 e. The van der Waals surface area contributed by atoms with Gasteiger partial charge < -0.3 is 4.98 Å². The Labute approximate surface area is 110 Å². The van der Waals surface area contributed by atoms with E-state index in [9.17, 15) is 8.42 Å². The number of aromatic amines is 1. The molecule has 0 aliphatic heterocycles. The van der Waals surface area contributed by atoms with Crippen LogP contribution in [0.3, 0.4) is 0 Å². The van der Waals surface area contributed by atoms with Crippen molar-refractivity contribution in [3.05, 3.63) is 36.0 Å². The van der Waals surface area contributed by atoms with Crippen molar-refractivity contribution in [3.63, 3.8) is 0 Å². The zero-order valence-corrected chi connectivity index (χ0v) is 11.3. The fraction of sp³-hybridized carbons (Fsp3) is 0.167. The van der Waals surface area contributed by atoms with E-state index in [2.05, 4.69) is 15.1 Å². The number of hydrogen-bond donors (Lipinski definition) is 1. The summed E-state index contributed by atoms with van der Waals surface area (Å²) in [5.74, 6) is 0. The SMILES string of the molecule is Cc1nn(-c2ccccc2)c2nc(S(C)(=O)=O)[nH]c12. The molecule has 98 valence electrons. The second-order valence-electron chi connectivity index (χ2n) is 4.35. The van der Waals surface area contributed by atoms with Gasteiger partial charge in [0.2, 0.25) is 15.0 Å². The molecule has 0 fully saturated rings. The summed E-state index contributed by atoms with van der Waals surface area (Å²) >= 11 is 0. The Morgan fingerprint density at radius 3 is 2.53 bits per heavy atom. The van der Waals surface area contributed by atoms with Crippen LogP contribution in [0.5, 0.6) is 0 Å². The van der Waals surface area contributed by atoms with Gasteiger partial charge in [0.05, 0.1) is 11.4 Å². The first kappa shape index (κ1) is 11.9. The Morgan fingerprint density at radius 1 is 1.21 bits per heavy atom. The first-order valence-electron chi connectivity index (χ1n) is 5.67. The van der Waals surface area contributed by atoms with Crippen molar-refractivity contribution in [1.29, 1.82) is 0 Å². The number of sulfone groups is 1. The summed E-state index contributed by atoms with van der Waals surface area (Å²) < 4.78 is 24.7. The normalized spacial score (nSPS) is 12.1. The van der Waals surface area contributed by atoms with Gasteiger partial charge in [-0.3, -0.25) is 0 Å². The Bertz CT molecular complexity index is 847. The molecule has 0 atom stereocenters. The van der Waals surface area contributed by atoms with E-state index in [4.69, 9.17) is 0 Å². The minimum absolute atomic E-state index is 0.0346. The molecular formula is C12H12N4O2S. The van der Waals surface area contributed by atoms with Gasteiger partial charge in [-0.25, -0.2) is 13.1 Å². The topological polar surface area (TPSA) is 80.6 Å². The van der Waals surface area contributed by atoms with Crippen molar-refractivity contribution in [1.82, 2.24) is 19.7 Å². The molecule has 0 radical (unpaired) electrons. The zero-order valence-electron chi connectivity index (χ0n) is 10.5. The van der Waals surface area contributed by atoms with Crippen molar-refractivity contribution in [2.45, 2.75) is 12.1 Å². The van der Waals surface area contributed by atoms with Crippen molar-refractivity contribution < 1.29 is 8.42 Å². The molecule has 0 aliphatic carbocycles. The third-order valence-electron chi connectivity index (χ3n) is 2.83. The van der Waals surface area contributed by atoms with E-state index in [-0.39, 0.29) is 5.16 Å². The van der Waals surface area contributed by atoms with Crippen LogP contribution in [0.2, 0.25) is 0 Å². The largest absolute Gasteiger partial charge is 0.326 e. The first-order chi connectivity index (χ1) is 8.97. The van der Waals surface area contributed by atoms with E-state index in [1.807, 2.05) is 37.3 Å². The van der Waals surface area contributed by atoms with Crippen LogP contribution >= 0.6 is 0 Å². The summed E-state index contributed by atoms with van der Waals surface area (Å²) in [7, 11) is -3.36. The van der Waals surface area contributed by atoms with E-state index in [1.165, 1.54) is 0 Å². The number of nitrogens with zero attached hydrogens (tertiary/aromatic N) is 3. The summed E-state index contributed by atoms with van der Waals surface area (Å²) in [4.78, 5) is 6.95. The summed E-state index contributed by atoms with van der Waals surface area (Å²) in [6, 6.07) is 9.47. The summed E-state index contributed by atoms with van der Waals surface area (Å²) in [5, 5.41) is 4.34. The van der Waals surface area contributed by atoms with Gasteiger partial charge >= 0.3 is 0 Å². The predicted octanol–water partition coefficient (Wildman–Crippen LogP) is 1.46. The molecule has 3 aromatic rings. The minimum atomic E-state index is -3.36. The van der Waals surface area contributed by atoms with Gasteiger partial charge in [-0.1, -0.05) is 18.2 Å². The lowest BCUT2D eigenvalue weighted by Crippen LogP contribution is -2.01. The Morgan fingerprint density at radius 2 is 1.89 bits per heavy atom. The Balaban J connectivity index is 2.30. The molecule has 0 unspecified atom stereocenters. The highest BCUT2D eigenvalue weighted by atomic mass is 32.2. The fourth-order valence-electron chi connectivity index (χ4n) is 1.92. The second-order valence-corrected chi connectivity index (χ2v) is 6.28. The highest BCUT2D eigenvalue weighted by Gasteiger charge is 2.18. The maximum Gasteiger partial charge on any atom is 0.227 e. The number of H-pyrrole nitrogens is 1. The standard InChI is InChI=1S/C12H12N4O2S/c1-8-10-11(14-12(13-10)19(2,17)18)16(15-8)9-6-4-3-5-7-9/h3-7H,1-2H3,(H,13,14). The van der Waals surface area contributed by atoms with Gasteiger partial charge in [0, 0.05) is 6.26 Å².